The molecule has 0 heterocycles. The molecule has 81 heavy (non-hydrogen) atoms. The van der Waals surface area contributed by atoms with Crippen molar-refractivity contribution in [1.29, 1.82) is 0 Å². The molecule has 1 unspecified atom stereocenters. The van der Waals surface area contributed by atoms with Crippen LogP contribution >= 0.6 is 0 Å². The zero-order valence-electron chi connectivity index (χ0n) is 52.2. The molecule has 0 spiro atoms. The van der Waals surface area contributed by atoms with Crippen molar-refractivity contribution in [3.05, 3.63) is 158 Å². The largest absolute Gasteiger partial charge is 0.462 e. The Morgan fingerprint density at radius 2 is 0.444 bits per heavy atom. The Morgan fingerprint density at radius 3 is 0.716 bits per heavy atom. The van der Waals surface area contributed by atoms with Crippen molar-refractivity contribution in [2.24, 2.45) is 0 Å². The summed E-state index contributed by atoms with van der Waals surface area (Å²) in [4.78, 5) is 38.4. The zero-order valence-corrected chi connectivity index (χ0v) is 52.2. The molecule has 0 aliphatic heterocycles. The van der Waals surface area contributed by atoms with Gasteiger partial charge in [0.25, 0.3) is 0 Å². The number of ether oxygens (including phenoxy) is 3. The van der Waals surface area contributed by atoms with Crippen molar-refractivity contribution >= 4 is 17.9 Å². The number of unbranched alkanes of at least 4 members (excludes halogenated alkanes) is 21. The molecule has 0 aromatic carbocycles. The highest BCUT2D eigenvalue weighted by Gasteiger charge is 2.19. The van der Waals surface area contributed by atoms with Gasteiger partial charge >= 0.3 is 17.9 Å². The van der Waals surface area contributed by atoms with Gasteiger partial charge in [0.1, 0.15) is 13.2 Å². The van der Waals surface area contributed by atoms with Crippen molar-refractivity contribution in [2.75, 3.05) is 13.2 Å². The zero-order chi connectivity index (χ0) is 58.5. The molecule has 0 aliphatic carbocycles. The predicted molar refractivity (Wildman–Crippen MR) is 352 cm³/mol. The van der Waals surface area contributed by atoms with Crippen LogP contribution in [0.4, 0.5) is 0 Å². The molecule has 0 amide bonds. The van der Waals surface area contributed by atoms with Crippen molar-refractivity contribution < 1.29 is 28.6 Å². The minimum absolute atomic E-state index is 0.103. The normalized spacial score (nSPS) is 13.2. The van der Waals surface area contributed by atoms with Gasteiger partial charge in [0.05, 0.1) is 0 Å². The fraction of sp³-hybridized carbons (Fsp3) is 0.613. The highest BCUT2D eigenvalue weighted by Crippen LogP contribution is 2.15. The molecule has 0 aromatic rings. The first kappa shape index (κ1) is 76.0. The lowest BCUT2D eigenvalue weighted by atomic mass is 10.0. The number of allylic oxidation sites excluding steroid dienone is 26. The molecule has 0 rings (SSSR count). The van der Waals surface area contributed by atoms with Gasteiger partial charge in [0.2, 0.25) is 0 Å². The van der Waals surface area contributed by atoms with Crippen LogP contribution in [0.3, 0.4) is 0 Å². The maximum absolute atomic E-state index is 12.9. The van der Waals surface area contributed by atoms with Crippen LogP contribution in [0.25, 0.3) is 0 Å². The van der Waals surface area contributed by atoms with Gasteiger partial charge in [0.15, 0.2) is 6.10 Å². The van der Waals surface area contributed by atoms with Crippen LogP contribution in [0.2, 0.25) is 0 Å². The lowest BCUT2D eigenvalue weighted by molar-refractivity contribution is -0.167. The third-order valence-corrected chi connectivity index (χ3v) is 13.5. The lowest BCUT2D eigenvalue weighted by Gasteiger charge is -2.18. The van der Waals surface area contributed by atoms with E-state index in [1.54, 1.807) is 0 Å². The molecule has 0 aromatic heterocycles. The van der Waals surface area contributed by atoms with Crippen molar-refractivity contribution in [3.63, 3.8) is 0 Å². The smallest absolute Gasteiger partial charge is 0.306 e. The first-order valence-electron chi connectivity index (χ1n) is 33.0. The van der Waals surface area contributed by atoms with E-state index >= 15 is 0 Å². The molecule has 0 saturated heterocycles. The molecule has 6 heteroatoms. The van der Waals surface area contributed by atoms with Crippen molar-refractivity contribution in [1.82, 2.24) is 0 Å². The molecule has 0 radical (unpaired) electrons. The van der Waals surface area contributed by atoms with E-state index < -0.39 is 6.10 Å². The highest BCUT2D eigenvalue weighted by molar-refractivity contribution is 5.71. The van der Waals surface area contributed by atoms with Crippen LogP contribution < -0.4 is 0 Å². The molecule has 0 fully saturated rings. The van der Waals surface area contributed by atoms with Crippen LogP contribution in [-0.2, 0) is 28.6 Å². The van der Waals surface area contributed by atoms with E-state index in [1.165, 1.54) is 83.5 Å². The molecule has 0 aliphatic rings. The number of carbonyl (C=O) groups excluding carboxylic acids is 3. The number of esters is 3. The van der Waals surface area contributed by atoms with Gasteiger partial charge in [-0.2, -0.15) is 0 Å². The van der Waals surface area contributed by atoms with Gasteiger partial charge in [-0.15, -0.1) is 0 Å². The molecule has 0 saturated carbocycles. The Hall–Kier alpha value is -4.97. The Bertz CT molecular complexity index is 1810. The second kappa shape index (κ2) is 67.5. The molecule has 456 valence electrons. The van der Waals surface area contributed by atoms with Gasteiger partial charge < -0.3 is 14.2 Å². The molecular formula is C75H120O6. The van der Waals surface area contributed by atoms with Gasteiger partial charge in [-0.25, -0.2) is 0 Å². The molecule has 6 nitrogen and oxygen atoms in total. The predicted octanol–water partition coefficient (Wildman–Crippen LogP) is 22.9. The summed E-state index contributed by atoms with van der Waals surface area (Å²) < 4.78 is 16.9. The lowest BCUT2D eigenvalue weighted by Crippen LogP contribution is -2.30. The molecule has 0 bridgehead atoms. The third kappa shape index (κ3) is 65.7. The fourth-order valence-corrected chi connectivity index (χ4v) is 8.69. The van der Waals surface area contributed by atoms with E-state index in [0.29, 0.717) is 25.7 Å². The first-order chi connectivity index (χ1) is 40.0. The summed E-state index contributed by atoms with van der Waals surface area (Å²) in [6, 6.07) is 0. The number of hydrogen-bond donors (Lipinski definition) is 0. The van der Waals surface area contributed by atoms with Crippen LogP contribution in [-0.4, -0.2) is 37.2 Å². The summed E-state index contributed by atoms with van der Waals surface area (Å²) in [5.41, 5.74) is 0. The summed E-state index contributed by atoms with van der Waals surface area (Å²) in [5, 5.41) is 0. The van der Waals surface area contributed by atoms with Crippen LogP contribution in [0.15, 0.2) is 158 Å². The Morgan fingerprint density at radius 1 is 0.247 bits per heavy atom. The van der Waals surface area contributed by atoms with E-state index in [0.717, 1.165) is 148 Å². The maximum atomic E-state index is 12.9. The Kier molecular flexibility index (Phi) is 63.4. The number of rotatable bonds is 58. The number of hydrogen-bond acceptors (Lipinski definition) is 6. The van der Waals surface area contributed by atoms with E-state index in [2.05, 4.69) is 179 Å². The summed E-state index contributed by atoms with van der Waals surface area (Å²) >= 11 is 0. The first-order valence-corrected chi connectivity index (χ1v) is 33.0. The van der Waals surface area contributed by atoms with Gasteiger partial charge in [-0.3, -0.25) is 14.4 Å². The Labute approximate surface area is 499 Å². The number of carbonyl (C=O) groups is 3. The summed E-state index contributed by atoms with van der Waals surface area (Å²) in [6.07, 6.45) is 98.3. The van der Waals surface area contributed by atoms with Crippen molar-refractivity contribution in [3.8, 4) is 0 Å². The van der Waals surface area contributed by atoms with E-state index in [4.69, 9.17) is 14.2 Å². The average molecular weight is 1120 g/mol. The minimum Gasteiger partial charge on any atom is -0.462 e. The Balaban J connectivity index is 4.37. The molecule has 0 N–H and O–H groups in total. The molecular weight excluding hydrogens is 997 g/mol. The standard InChI is InChI=1S/C75H120O6/c1-4-7-10-13-16-19-22-25-28-30-32-33-34-35-36-37-38-39-40-41-43-44-47-50-53-56-59-62-65-68-74(77)80-71-72(70-79-73(76)67-64-61-58-55-52-49-46-27-24-21-18-15-12-9-6-3)81-75(78)69-66-63-60-57-54-51-48-45-42-31-29-26-23-20-17-14-11-8-5-2/h7-12,16-21,25-29,32-33,35-36,42,45-46,52,55,72H,4-6,13-15,22-24,30-31,34,37-41,43-44,47-51,53-54,56-71H2,1-3H3/b10-7-,11-8-,12-9-,19-16-,20-17-,21-18-,28-25-,29-26-,33-32-,36-35-,45-42-,46-27-,55-52-. The molecule has 1 atom stereocenters. The van der Waals surface area contributed by atoms with E-state index in [-0.39, 0.29) is 31.1 Å². The highest BCUT2D eigenvalue weighted by atomic mass is 16.6. The van der Waals surface area contributed by atoms with E-state index in [9.17, 15) is 14.4 Å². The van der Waals surface area contributed by atoms with Gasteiger partial charge in [-0.05, 0) is 141 Å². The van der Waals surface area contributed by atoms with Crippen LogP contribution in [0, 0.1) is 0 Å². The third-order valence-electron chi connectivity index (χ3n) is 13.5. The average Bonchev–Trinajstić information content (AvgIpc) is 3.47. The summed E-state index contributed by atoms with van der Waals surface area (Å²) in [6.45, 7) is 6.26. The quantitative estimate of drug-likeness (QED) is 0.0261. The van der Waals surface area contributed by atoms with Crippen molar-refractivity contribution in [2.45, 2.75) is 284 Å². The fourth-order valence-electron chi connectivity index (χ4n) is 8.69. The van der Waals surface area contributed by atoms with Gasteiger partial charge in [-0.1, -0.05) is 275 Å². The van der Waals surface area contributed by atoms with Crippen LogP contribution in [0.5, 0.6) is 0 Å². The van der Waals surface area contributed by atoms with Gasteiger partial charge in [0, 0.05) is 19.3 Å². The van der Waals surface area contributed by atoms with E-state index in [1.807, 2.05) is 0 Å². The second-order valence-electron chi connectivity index (χ2n) is 21.2. The minimum atomic E-state index is -0.812. The second-order valence-corrected chi connectivity index (χ2v) is 21.2. The van der Waals surface area contributed by atoms with Crippen LogP contribution in [0.1, 0.15) is 278 Å². The topological polar surface area (TPSA) is 78.9 Å². The monoisotopic (exact) mass is 1120 g/mol. The summed E-state index contributed by atoms with van der Waals surface area (Å²) in [5.74, 6) is -0.962. The maximum Gasteiger partial charge on any atom is 0.306 e. The SMILES string of the molecule is CC/C=C\C/C=C\C/C=C\C/C=C\C/C=C\CCCCCCCCCCCCCCCC(=O)OCC(COC(=O)CCCC/C=C\C/C=C\C/C=C\C/C=C\CC)OC(=O)CCCCCCCC/C=C\C/C=C\C/C=C\C/C=C\CC. The summed E-state index contributed by atoms with van der Waals surface area (Å²) in [7, 11) is 0.